The van der Waals surface area contributed by atoms with E-state index in [1.54, 1.807) is 6.92 Å². The Morgan fingerprint density at radius 2 is 1.58 bits per heavy atom. The van der Waals surface area contributed by atoms with Gasteiger partial charge in [0.05, 0.1) is 24.7 Å². The van der Waals surface area contributed by atoms with Gasteiger partial charge in [0.2, 0.25) is 0 Å². The molecule has 0 radical (unpaired) electrons. The van der Waals surface area contributed by atoms with E-state index in [0.29, 0.717) is 17.7 Å². The van der Waals surface area contributed by atoms with E-state index in [-0.39, 0.29) is 39.9 Å². The van der Waals surface area contributed by atoms with Crippen LogP contribution in [0.4, 0.5) is 35.5 Å². The number of hydrogen-bond acceptors (Lipinski definition) is 5. The molecule has 0 N–H and O–H groups in total. The predicted molar refractivity (Wildman–Crippen MR) is 114 cm³/mol. The maximum atomic E-state index is 14.5. The molecule has 6 nitrogen and oxygen atoms in total. The van der Waals surface area contributed by atoms with Crippen LogP contribution >= 0.6 is 11.6 Å². The molecule has 0 bridgehead atoms. The summed E-state index contributed by atoms with van der Waals surface area (Å²) in [4.78, 5) is 15.5. The van der Waals surface area contributed by atoms with Crippen LogP contribution in [0.25, 0.3) is 16.8 Å². The summed E-state index contributed by atoms with van der Waals surface area (Å²) < 4.78 is 105. The van der Waals surface area contributed by atoms with Gasteiger partial charge in [-0.25, -0.2) is 18.9 Å². The fraction of sp³-hybridized carbons (Fsp3) is 0.318. The van der Waals surface area contributed by atoms with Crippen molar-refractivity contribution in [3.05, 3.63) is 58.6 Å². The van der Waals surface area contributed by atoms with Gasteiger partial charge >= 0.3 is 24.2 Å². The van der Waals surface area contributed by atoms with Gasteiger partial charge in [-0.1, -0.05) is 23.7 Å². The van der Waals surface area contributed by atoms with Gasteiger partial charge in [-0.15, -0.1) is 0 Å². The quantitative estimate of drug-likeness (QED) is 0.198. The lowest BCUT2D eigenvalue weighted by atomic mass is 9.87. The maximum absolute atomic E-state index is 14.5. The molecule has 14 heteroatoms. The Labute approximate surface area is 204 Å². The molecule has 2 heterocycles. The molecule has 0 saturated carbocycles. The minimum absolute atomic E-state index is 0.0411. The average Bonchev–Trinajstić information content (AvgIpc) is 3.22. The Morgan fingerprint density at radius 3 is 2.11 bits per heavy atom. The van der Waals surface area contributed by atoms with E-state index < -0.39 is 29.7 Å². The summed E-state index contributed by atoms with van der Waals surface area (Å²) in [5, 5.41) is 3.96. The lowest BCUT2D eigenvalue weighted by Crippen LogP contribution is -2.50. The van der Waals surface area contributed by atoms with Crippen molar-refractivity contribution in [2.45, 2.75) is 38.8 Å². The Kier molecular flexibility index (Phi) is 7.26. The predicted octanol–water partition coefficient (Wildman–Crippen LogP) is 7.03. The summed E-state index contributed by atoms with van der Waals surface area (Å²) in [7, 11) is 0. The van der Waals surface area contributed by atoms with Crippen molar-refractivity contribution in [1.82, 2.24) is 14.8 Å². The van der Waals surface area contributed by atoms with E-state index in [1.165, 1.54) is 43.2 Å². The Morgan fingerprint density at radius 1 is 1.00 bits per heavy atom. The number of pyridine rings is 1. The molecule has 0 atom stereocenters. The Hall–Kier alpha value is -3.35. The van der Waals surface area contributed by atoms with Crippen LogP contribution in [0.1, 0.15) is 23.6 Å². The highest BCUT2D eigenvalue weighted by Gasteiger charge is 2.73. The lowest BCUT2D eigenvalue weighted by molar-refractivity contribution is -0.348. The van der Waals surface area contributed by atoms with Gasteiger partial charge < -0.3 is 9.47 Å². The Balaban J connectivity index is 2.02. The van der Waals surface area contributed by atoms with E-state index in [0.717, 1.165) is 0 Å². The summed E-state index contributed by atoms with van der Waals surface area (Å²) >= 11 is 5.92. The van der Waals surface area contributed by atoms with Crippen LogP contribution < -0.4 is 4.74 Å². The number of ether oxygens (including phenoxy) is 2. The minimum atomic E-state index is -6.22. The fourth-order valence-electron chi connectivity index (χ4n) is 3.55. The van der Waals surface area contributed by atoms with Crippen molar-refractivity contribution in [3.8, 4) is 22.6 Å². The first-order chi connectivity index (χ1) is 16.6. The molecule has 3 aromatic rings. The molecule has 0 spiro atoms. The second-order valence-corrected chi connectivity index (χ2v) is 7.94. The van der Waals surface area contributed by atoms with Crippen molar-refractivity contribution in [2.75, 3.05) is 6.61 Å². The van der Waals surface area contributed by atoms with Crippen LogP contribution in [-0.2, 0) is 10.4 Å². The molecule has 0 aliphatic heterocycles. The smallest absolute Gasteiger partial charge is 0.434 e. The number of halogens is 8. The Bertz CT molecular complexity index is 1250. The van der Waals surface area contributed by atoms with E-state index >= 15 is 0 Å². The van der Waals surface area contributed by atoms with Gasteiger partial charge in [0, 0.05) is 23.4 Å². The lowest BCUT2D eigenvalue weighted by Gasteiger charge is -2.31. The van der Waals surface area contributed by atoms with E-state index in [4.69, 9.17) is 16.3 Å². The van der Waals surface area contributed by atoms with Crippen LogP contribution in [-0.4, -0.2) is 39.9 Å². The number of aromatic nitrogens is 3. The molecule has 1 aromatic carbocycles. The zero-order valence-corrected chi connectivity index (χ0v) is 19.5. The zero-order chi connectivity index (χ0) is 27.1. The summed E-state index contributed by atoms with van der Waals surface area (Å²) in [5.41, 5.74) is -6.38. The highest BCUT2D eigenvalue weighted by Crippen LogP contribution is 2.54. The number of rotatable bonds is 5. The number of alkyl halides is 7. The van der Waals surface area contributed by atoms with Crippen molar-refractivity contribution in [3.63, 3.8) is 0 Å². The number of carbonyl (C=O) groups excluding carboxylic acids is 1. The van der Waals surface area contributed by atoms with Crippen LogP contribution in [0.15, 0.2) is 36.8 Å². The van der Waals surface area contributed by atoms with Crippen molar-refractivity contribution >= 4 is 17.8 Å². The molecular formula is C22H17ClF7N3O3. The summed E-state index contributed by atoms with van der Waals surface area (Å²) in [6, 6.07) is 2.33. The van der Waals surface area contributed by atoms with Gasteiger partial charge in [0.25, 0.3) is 0 Å². The van der Waals surface area contributed by atoms with Crippen LogP contribution in [0.2, 0.25) is 5.15 Å². The molecule has 0 saturated heterocycles. The minimum Gasteiger partial charge on any atom is -0.434 e. The van der Waals surface area contributed by atoms with Crippen LogP contribution in [0, 0.1) is 13.8 Å². The molecule has 36 heavy (non-hydrogen) atoms. The number of aryl methyl sites for hydroxylation is 2. The van der Waals surface area contributed by atoms with Crippen molar-refractivity contribution in [1.29, 1.82) is 0 Å². The third kappa shape index (κ3) is 4.97. The van der Waals surface area contributed by atoms with Gasteiger partial charge in [0.1, 0.15) is 0 Å². The molecule has 0 aliphatic carbocycles. The summed E-state index contributed by atoms with van der Waals surface area (Å²) in [6.45, 7) is 4.13. The number of carbonyl (C=O) groups is 1. The van der Waals surface area contributed by atoms with Gasteiger partial charge in [-0.3, -0.25) is 0 Å². The van der Waals surface area contributed by atoms with Crippen LogP contribution in [0.5, 0.6) is 5.75 Å². The third-order valence-corrected chi connectivity index (χ3v) is 5.38. The second-order valence-electron chi connectivity index (χ2n) is 7.58. The number of hydrogen-bond donors (Lipinski definition) is 0. The maximum Gasteiger partial charge on any atom is 0.513 e. The van der Waals surface area contributed by atoms with E-state index in [1.807, 2.05) is 0 Å². The molecule has 0 unspecified atom stereocenters. The highest BCUT2D eigenvalue weighted by molar-refractivity contribution is 6.30. The van der Waals surface area contributed by atoms with Gasteiger partial charge in [0.15, 0.2) is 10.9 Å². The molecular weight excluding hydrogens is 523 g/mol. The third-order valence-electron chi connectivity index (χ3n) is 5.10. The van der Waals surface area contributed by atoms with Gasteiger partial charge in [-0.05, 0) is 37.5 Å². The first-order valence-corrected chi connectivity index (χ1v) is 10.5. The standard InChI is InChI=1S/C22H17ClF7N3O3/c1-4-35-19(34)36-16-7-15(9-31-18(16)23)33-10-13(8-32-33)17-11(2)5-14(6-12(17)3)20(24,21(25,26)27)22(28,29)30/h5-10H,4H2,1-3H3. The van der Waals surface area contributed by atoms with E-state index in [2.05, 4.69) is 14.8 Å². The average molecular weight is 540 g/mol. The molecule has 2 aromatic heterocycles. The fourth-order valence-corrected chi connectivity index (χ4v) is 3.69. The topological polar surface area (TPSA) is 66.2 Å². The molecule has 0 fully saturated rings. The highest BCUT2D eigenvalue weighted by atomic mass is 35.5. The number of nitrogens with zero attached hydrogens (tertiary/aromatic N) is 3. The van der Waals surface area contributed by atoms with E-state index in [9.17, 15) is 35.5 Å². The summed E-state index contributed by atoms with van der Waals surface area (Å²) in [5.74, 6) is -0.139. The monoisotopic (exact) mass is 539 g/mol. The largest absolute Gasteiger partial charge is 0.513 e. The zero-order valence-electron chi connectivity index (χ0n) is 18.8. The second kappa shape index (κ2) is 9.60. The normalized spacial score (nSPS) is 12.5. The van der Waals surface area contributed by atoms with Crippen LogP contribution in [0.3, 0.4) is 0 Å². The molecule has 3 rings (SSSR count). The van der Waals surface area contributed by atoms with Gasteiger partial charge in [-0.2, -0.15) is 31.4 Å². The molecule has 0 amide bonds. The first kappa shape index (κ1) is 27.2. The first-order valence-electron chi connectivity index (χ1n) is 10.1. The number of benzene rings is 1. The molecule has 194 valence electrons. The van der Waals surface area contributed by atoms with Crippen molar-refractivity contribution in [2.24, 2.45) is 0 Å². The SMILES string of the molecule is CCOC(=O)Oc1cc(-n2cc(-c3c(C)cc(C(F)(C(F)(F)F)C(F)(F)F)cc3C)cn2)cnc1Cl. The summed E-state index contributed by atoms with van der Waals surface area (Å²) in [6.07, 6.45) is -9.48. The van der Waals surface area contributed by atoms with Crippen molar-refractivity contribution < 1.29 is 45.0 Å². The molecule has 0 aliphatic rings.